The third-order valence-corrected chi connectivity index (χ3v) is 4.72. The molecule has 0 aliphatic carbocycles. The van der Waals surface area contributed by atoms with Crippen molar-refractivity contribution in [1.82, 2.24) is 10.2 Å². The lowest BCUT2D eigenvalue weighted by Crippen LogP contribution is -2.49. The van der Waals surface area contributed by atoms with Gasteiger partial charge in [-0.15, -0.1) is 0 Å². The molecule has 0 spiro atoms. The Balaban J connectivity index is 2.24. The van der Waals surface area contributed by atoms with Crippen molar-refractivity contribution < 1.29 is 14.0 Å². The van der Waals surface area contributed by atoms with Gasteiger partial charge in [0, 0.05) is 18.1 Å². The van der Waals surface area contributed by atoms with Crippen LogP contribution in [0, 0.1) is 5.82 Å². The van der Waals surface area contributed by atoms with Crippen LogP contribution in [-0.4, -0.2) is 29.3 Å². The second kappa shape index (κ2) is 10.8. The quantitative estimate of drug-likeness (QED) is 0.675. The van der Waals surface area contributed by atoms with Crippen LogP contribution in [-0.2, 0) is 22.6 Å². The predicted molar refractivity (Wildman–Crippen MR) is 109 cm³/mol. The van der Waals surface area contributed by atoms with Gasteiger partial charge in [-0.25, -0.2) is 4.39 Å². The summed E-state index contributed by atoms with van der Waals surface area (Å²) in [6.07, 6.45) is 1.42. The molecule has 2 rings (SSSR count). The van der Waals surface area contributed by atoms with Crippen molar-refractivity contribution in [1.29, 1.82) is 0 Å². The zero-order chi connectivity index (χ0) is 20.5. The first-order chi connectivity index (χ1) is 13.4. The summed E-state index contributed by atoms with van der Waals surface area (Å²) in [6, 6.07) is 12.5. The van der Waals surface area contributed by atoms with Crippen molar-refractivity contribution in [2.24, 2.45) is 0 Å². The number of nitrogens with one attached hydrogen (secondary N) is 1. The number of rotatable bonds is 9. The minimum atomic E-state index is -0.574. The minimum absolute atomic E-state index is 0.103. The van der Waals surface area contributed by atoms with Crippen molar-refractivity contribution in [3.05, 3.63) is 70.5 Å². The standard InChI is InChI=1S/C22H26ClFN2O2/c1-3-13-25-22(28)20(4-2)26(15-17-5-9-18(23)10-6-17)21(27)14-16-7-11-19(24)12-8-16/h5-12,20H,3-4,13-15H2,1-2H3,(H,25,28). The normalized spacial score (nSPS) is 11.7. The summed E-state index contributed by atoms with van der Waals surface area (Å²) in [5, 5.41) is 3.49. The molecule has 0 saturated carbocycles. The molecule has 1 N–H and O–H groups in total. The van der Waals surface area contributed by atoms with Crippen LogP contribution in [0.4, 0.5) is 4.39 Å². The molecule has 0 heterocycles. The van der Waals surface area contributed by atoms with Crippen molar-refractivity contribution in [2.75, 3.05) is 6.54 Å². The molecule has 28 heavy (non-hydrogen) atoms. The van der Waals surface area contributed by atoms with E-state index < -0.39 is 6.04 Å². The van der Waals surface area contributed by atoms with Gasteiger partial charge in [-0.2, -0.15) is 0 Å². The van der Waals surface area contributed by atoms with Gasteiger partial charge in [0.25, 0.3) is 0 Å². The molecular formula is C22H26ClFN2O2. The van der Waals surface area contributed by atoms with Crippen LogP contribution in [0.25, 0.3) is 0 Å². The molecule has 2 aromatic rings. The second-order valence-electron chi connectivity index (χ2n) is 6.67. The molecule has 1 atom stereocenters. The minimum Gasteiger partial charge on any atom is -0.354 e. The van der Waals surface area contributed by atoms with E-state index >= 15 is 0 Å². The van der Waals surface area contributed by atoms with E-state index in [-0.39, 0.29) is 24.1 Å². The van der Waals surface area contributed by atoms with Gasteiger partial charge in [-0.3, -0.25) is 9.59 Å². The van der Waals surface area contributed by atoms with Crippen molar-refractivity contribution >= 4 is 23.4 Å². The first kappa shape index (κ1) is 21.9. The second-order valence-corrected chi connectivity index (χ2v) is 7.10. The molecule has 0 aliphatic heterocycles. The number of nitrogens with zero attached hydrogens (tertiary/aromatic N) is 1. The highest BCUT2D eigenvalue weighted by atomic mass is 35.5. The summed E-state index contributed by atoms with van der Waals surface area (Å²) in [6.45, 7) is 4.73. The van der Waals surface area contributed by atoms with Gasteiger partial charge in [0.2, 0.25) is 11.8 Å². The van der Waals surface area contributed by atoms with E-state index in [2.05, 4.69) is 5.32 Å². The molecule has 4 nitrogen and oxygen atoms in total. The Morgan fingerprint density at radius 2 is 1.64 bits per heavy atom. The molecule has 0 bridgehead atoms. The van der Waals surface area contributed by atoms with Crippen LogP contribution in [0.5, 0.6) is 0 Å². The van der Waals surface area contributed by atoms with E-state index in [1.807, 2.05) is 26.0 Å². The molecule has 2 amide bonds. The van der Waals surface area contributed by atoms with Crippen LogP contribution in [0.15, 0.2) is 48.5 Å². The molecule has 0 fully saturated rings. The summed E-state index contributed by atoms with van der Waals surface area (Å²) in [7, 11) is 0. The molecule has 2 aromatic carbocycles. The zero-order valence-electron chi connectivity index (χ0n) is 16.3. The Bertz CT molecular complexity index is 778. The molecule has 0 aromatic heterocycles. The molecule has 1 unspecified atom stereocenters. The van der Waals surface area contributed by atoms with E-state index in [4.69, 9.17) is 11.6 Å². The van der Waals surface area contributed by atoms with Gasteiger partial charge in [-0.1, -0.05) is 49.7 Å². The fourth-order valence-corrected chi connectivity index (χ4v) is 3.08. The van der Waals surface area contributed by atoms with Crippen LogP contribution >= 0.6 is 11.6 Å². The third kappa shape index (κ3) is 6.34. The number of hydrogen-bond acceptors (Lipinski definition) is 2. The average molecular weight is 405 g/mol. The topological polar surface area (TPSA) is 49.4 Å². The van der Waals surface area contributed by atoms with Crippen LogP contribution in [0.2, 0.25) is 5.02 Å². The lowest BCUT2D eigenvalue weighted by atomic mass is 10.1. The van der Waals surface area contributed by atoms with E-state index in [1.165, 1.54) is 12.1 Å². The third-order valence-electron chi connectivity index (χ3n) is 4.47. The highest BCUT2D eigenvalue weighted by molar-refractivity contribution is 6.30. The Labute approximate surface area is 170 Å². The number of hydrogen-bond donors (Lipinski definition) is 1. The number of carbonyl (C=O) groups is 2. The summed E-state index contributed by atoms with van der Waals surface area (Å²) in [5.41, 5.74) is 1.59. The maximum Gasteiger partial charge on any atom is 0.242 e. The Morgan fingerprint density at radius 1 is 1.04 bits per heavy atom. The first-order valence-corrected chi connectivity index (χ1v) is 9.88. The molecule has 6 heteroatoms. The van der Waals surface area contributed by atoms with Crippen molar-refractivity contribution in [3.63, 3.8) is 0 Å². The smallest absolute Gasteiger partial charge is 0.242 e. The predicted octanol–water partition coefficient (Wildman–Crippen LogP) is 4.36. The number of amides is 2. The van der Waals surface area contributed by atoms with Crippen molar-refractivity contribution in [3.8, 4) is 0 Å². The van der Waals surface area contributed by atoms with Gasteiger partial charge in [0.05, 0.1) is 6.42 Å². The van der Waals surface area contributed by atoms with Gasteiger partial charge in [-0.05, 0) is 48.2 Å². The molecular weight excluding hydrogens is 379 g/mol. The highest BCUT2D eigenvalue weighted by Gasteiger charge is 2.28. The van der Waals surface area contributed by atoms with Gasteiger partial charge in [0.1, 0.15) is 11.9 Å². The van der Waals surface area contributed by atoms with Crippen molar-refractivity contribution in [2.45, 2.75) is 45.7 Å². The summed E-state index contributed by atoms with van der Waals surface area (Å²) in [4.78, 5) is 27.3. The van der Waals surface area contributed by atoms with Gasteiger partial charge in [0.15, 0.2) is 0 Å². The molecule has 150 valence electrons. The number of carbonyl (C=O) groups excluding carboxylic acids is 2. The van der Waals surface area contributed by atoms with Crippen LogP contribution < -0.4 is 5.32 Å². The zero-order valence-corrected chi connectivity index (χ0v) is 17.0. The first-order valence-electron chi connectivity index (χ1n) is 9.50. The fraction of sp³-hybridized carbons (Fsp3) is 0.364. The fourth-order valence-electron chi connectivity index (χ4n) is 2.95. The van der Waals surface area contributed by atoms with E-state index in [1.54, 1.807) is 29.2 Å². The average Bonchev–Trinajstić information content (AvgIpc) is 2.69. The van der Waals surface area contributed by atoms with Crippen LogP contribution in [0.1, 0.15) is 37.8 Å². The summed E-state index contributed by atoms with van der Waals surface area (Å²) < 4.78 is 13.2. The van der Waals surface area contributed by atoms with Crippen LogP contribution in [0.3, 0.4) is 0 Å². The highest BCUT2D eigenvalue weighted by Crippen LogP contribution is 2.17. The molecule has 0 saturated heterocycles. The number of halogens is 2. The summed E-state index contributed by atoms with van der Waals surface area (Å²) in [5.74, 6) is -0.689. The lowest BCUT2D eigenvalue weighted by molar-refractivity contribution is -0.140. The van der Waals surface area contributed by atoms with E-state index in [0.29, 0.717) is 30.1 Å². The monoisotopic (exact) mass is 404 g/mol. The Morgan fingerprint density at radius 3 is 2.21 bits per heavy atom. The maximum absolute atomic E-state index is 13.2. The summed E-state index contributed by atoms with van der Waals surface area (Å²) >= 11 is 5.95. The number of benzene rings is 2. The largest absolute Gasteiger partial charge is 0.354 e. The SMILES string of the molecule is CCCNC(=O)C(CC)N(Cc1ccc(Cl)cc1)C(=O)Cc1ccc(F)cc1. The van der Waals surface area contributed by atoms with Gasteiger partial charge >= 0.3 is 0 Å². The molecule has 0 aliphatic rings. The molecule has 0 radical (unpaired) electrons. The Hall–Kier alpha value is -2.40. The van der Waals surface area contributed by atoms with E-state index in [0.717, 1.165) is 12.0 Å². The maximum atomic E-state index is 13.2. The van der Waals surface area contributed by atoms with E-state index in [9.17, 15) is 14.0 Å². The lowest BCUT2D eigenvalue weighted by Gasteiger charge is -2.30. The van der Waals surface area contributed by atoms with Gasteiger partial charge < -0.3 is 10.2 Å². The Kier molecular flexibility index (Phi) is 8.45.